The van der Waals surface area contributed by atoms with Gasteiger partial charge in [-0.1, -0.05) is 18.2 Å². The van der Waals surface area contributed by atoms with Gasteiger partial charge in [-0.25, -0.2) is 4.79 Å². The van der Waals surface area contributed by atoms with Gasteiger partial charge in [-0.2, -0.15) is 0 Å². The minimum absolute atomic E-state index is 0.259. The minimum Gasteiger partial charge on any atom is -0.462 e. The van der Waals surface area contributed by atoms with E-state index >= 15 is 0 Å². The fourth-order valence-electron chi connectivity index (χ4n) is 2.24. The largest absolute Gasteiger partial charge is 0.462 e. The molecule has 0 fully saturated rings. The Morgan fingerprint density at radius 2 is 1.57 bits per heavy atom. The van der Waals surface area contributed by atoms with E-state index < -0.39 is 23.7 Å². The summed E-state index contributed by atoms with van der Waals surface area (Å²) < 4.78 is 4.86. The maximum absolute atomic E-state index is 11.9. The number of para-hydroxylation sites is 1. The van der Waals surface area contributed by atoms with Crippen LogP contribution in [-0.2, 0) is 19.1 Å². The fraction of sp³-hybridized carbons (Fsp3) is 0.200. The van der Waals surface area contributed by atoms with Gasteiger partial charge in [-0.05, 0) is 49.7 Å². The zero-order chi connectivity index (χ0) is 20.5. The standard InChI is InChI=1S/C20H21N3O5/c1-3-28-20(27)14-8-10-15(11-9-14)22-19(26)18(25)21-12-17(24)23-16-7-5-4-6-13(16)2/h4-11H,3,12H2,1-2H3,(H,21,25)(H,22,26)(H,23,24). The monoisotopic (exact) mass is 383 g/mol. The maximum Gasteiger partial charge on any atom is 0.338 e. The number of carbonyl (C=O) groups excluding carboxylic acids is 4. The maximum atomic E-state index is 11.9. The summed E-state index contributed by atoms with van der Waals surface area (Å²) in [6.45, 7) is 3.46. The van der Waals surface area contributed by atoms with E-state index in [1.807, 2.05) is 19.1 Å². The summed E-state index contributed by atoms with van der Waals surface area (Å²) in [6.07, 6.45) is 0. The third-order valence-electron chi connectivity index (χ3n) is 3.69. The first-order valence-corrected chi connectivity index (χ1v) is 8.62. The van der Waals surface area contributed by atoms with Crippen molar-refractivity contribution in [2.24, 2.45) is 0 Å². The average Bonchev–Trinajstić information content (AvgIpc) is 2.68. The third kappa shape index (κ3) is 5.94. The summed E-state index contributed by atoms with van der Waals surface area (Å²) in [5.41, 5.74) is 2.17. The van der Waals surface area contributed by atoms with Crippen LogP contribution in [-0.4, -0.2) is 36.8 Å². The van der Waals surface area contributed by atoms with Crippen molar-refractivity contribution in [3.8, 4) is 0 Å². The van der Waals surface area contributed by atoms with Crippen molar-refractivity contribution in [1.82, 2.24) is 5.32 Å². The van der Waals surface area contributed by atoms with E-state index in [0.717, 1.165) is 5.56 Å². The van der Waals surface area contributed by atoms with Crippen LogP contribution in [0.2, 0.25) is 0 Å². The SMILES string of the molecule is CCOC(=O)c1ccc(NC(=O)C(=O)NCC(=O)Nc2ccccc2C)cc1. The smallest absolute Gasteiger partial charge is 0.338 e. The number of amides is 3. The molecule has 0 spiro atoms. The van der Waals surface area contributed by atoms with Crippen LogP contribution in [0.3, 0.4) is 0 Å². The second-order valence-corrected chi connectivity index (χ2v) is 5.80. The first kappa shape index (κ1) is 20.6. The summed E-state index contributed by atoms with van der Waals surface area (Å²) in [5, 5.41) is 7.29. The van der Waals surface area contributed by atoms with Crippen LogP contribution in [0.25, 0.3) is 0 Å². The number of carbonyl (C=O) groups is 4. The third-order valence-corrected chi connectivity index (χ3v) is 3.69. The Labute approximate surface area is 162 Å². The molecule has 0 radical (unpaired) electrons. The van der Waals surface area contributed by atoms with Crippen molar-refractivity contribution < 1.29 is 23.9 Å². The molecular formula is C20H21N3O5. The predicted octanol–water partition coefficient (Wildman–Crippen LogP) is 1.87. The lowest BCUT2D eigenvalue weighted by Gasteiger charge is -2.09. The predicted molar refractivity (Wildman–Crippen MR) is 104 cm³/mol. The Balaban J connectivity index is 1.82. The van der Waals surface area contributed by atoms with Gasteiger partial charge >= 0.3 is 17.8 Å². The van der Waals surface area contributed by atoms with Crippen LogP contribution in [0.1, 0.15) is 22.8 Å². The van der Waals surface area contributed by atoms with Crippen molar-refractivity contribution in [2.45, 2.75) is 13.8 Å². The molecule has 0 heterocycles. The molecule has 2 rings (SSSR count). The Bertz CT molecular complexity index is 878. The number of nitrogens with one attached hydrogen (secondary N) is 3. The van der Waals surface area contributed by atoms with E-state index in [-0.39, 0.29) is 13.2 Å². The highest BCUT2D eigenvalue weighted by Crippen LogP contribution is 2.13. The molecule has 0 aromatic heterocycles. The Hall–Kier alpha value is -3.68. The number of hydrogen-bond donors (Lipinski definition) is 3. The van der Waals surface area contributed by atoms with Crippen LogP contribution in [0, 0.1) is 6.92 Å². The number of aryl methyl sites for hydroxylation is 1. The zero-order valence-corrected chi connectivity index (χ0v) is 15.6. The summed E-state index contributed by atoms with van der Waals surface area (Å²) in [5.74, 6) is -2.80. The number of hydrogen-bond acceptors (Lipinski definition) is 5. The van der Waals surface area contributed by atoms with Crippen LogP contribution in [0.5, 0.6) is 0 Å². The normalized spacial score (nSPS) is 9.93. The molecule has 0 atom stereocenters. The molecule has 8 nitrogen and oxygen atoms in total. The molecule has 146 valence electrons. The first-order valence-electron chi connectivity index (χ1n) is 8.62. The summed E-state index contributed by atoms with van der Waals surface area (Å²) in [7, 11) is 0. The first-order chi connectivity index (χ1) is 13.4. The molecule has 28 heavy (non-hydrogen) atoms. The highest BCUT2D eigenvalue weighted by molar-refractivity contribution is 6.39. The molecule has 3 N–H and O–H groups in total. The molecule has 0 aliphatic heterocycles. The molecule has 2 aromatic rings. The quantitative estimate of drug-likeness (QED) is 0.520. The fourth-order valence-corrected chi connectivity index (χ4v) is 2.24. The van der Waals surface area contributed by atoms with E-state index in [0.29, 0.717) is 16.9 Å². The van der Waals surface area contributed by atoms with Crippen LogP contribution >= 0.6 is 0 Å². The summed E-state index contributed by atoms with van der Waals surface area (Å²) in [6, 6.07) is 13.1. The van der Waals surface area contributed by atoms with Crippen LogP contribution in [0.4, 0.5) is 11.4 Å². The molecule has 0 aliphatic carbocycles. The molecular weight excluding hydrogens is 362 g/mol. The molecule has 2 aromatic carbocycles. The average molecular weight is 383 g/mol. The number of benzene rings is 2. The zero-order valence-electron chi connectivity index (χ0n) is 15.6. The van der Waals surface area contributed by atoms with E-state index in [1.165, 1.54) is 24.3 Å². The van der Waals surface area contributed by atoms with E-state index in [9.17, 15) is 19.2 Å². The van der Waals surface area contributed by atoms with E-state index in [4.69, 9.17) is 4.74 Å². The highest BCUT2D eigenvalue weighted by Gasteiger charge is 2.15. The van der Waals surface area contributed by atoms with Gasteiger partial charge in [-0.15, -0.1) is 0 Å². The molecule has 0 aliphatic rings. The van der Waals surface area contributed by atoms with Crippen molar-refractivity contribution in [1.29, 1.82) is 0 Å². The molecule has 0 unspecified atom stereocenters. The van der Waals surface area contributed by atoms with E-state index in [2.05, 4.69) is 16.0 Å². The van der Waals surface area contributed by atoms with Gasteiger partial charge < -0.3 is 20.7 Å². The second-order valence-electron chi connectivity index (χ2n) is 5.80. The number of anilines is 2. The van der Waals surface area contributed by atoms with Crippen LogP contribution in [0.15, 0.2) is 48.5 Å². The van der Waals surface area contributed by atoms with Crippen molar-refractivity contribution >= 4 is 35.1 Å². The van der Waals surface area contributed by atoms with Gasteiger partial charge in [0.25, 0.3) is 0 Å². The highest BCUT2D eigenvalue weighted by atomic mass is 16.5. The molecule has 3 amide bonds. The Morgan fingerprint density at radius 1 is 0.893 bits per heavy atom. The van der Waals surface area contributed by atoms with E-state index in [1.54, 1.807) is 19.1 Å². The second kappa shape index (κ2) is 9.86. The van der Waals surface area contributed by atoms with Gasteiger partial charge in [0.2, 0.25) is 5.91 Å². The lowest BCUT2D eigenvalue weighted by molar-refractivity contribution is -0.136. The lowest BCUT2D eigenvalue weighted by atomic mass is 10.2. The summed E-state index contributed by atoms with van der Waals surface area (Å²) in [4.78, 5) is 47.2. The van der Waals surface area contributed by atoms with Crippen LogP contribution < -0.4 is 16.0 Å². The number of rotatable bonds is 6. The van der Waals surface area contributed by atoms with Gasteiger partial charge in [0.05, 0.1) is 18.7 Å². The van der Waals surface area contributed by atoms with Gasteiger partial charge in [-0.3, -0.25) is 14.4 Å². The molecule has 0 saturated heterocycles. The van der Waals surface area contributed by atoms with Crippen molar-refractivity contribution in [3.63, 3.8) is 0 Å². The Morgan fingerprint density at radius 3 is 2.21 bits per heavy atom. The minimum atomic E-state index is -0.950. The molecule has 8 heteroatoms. The summed E-state index contributed by atoms with van der Waals surface area (Å²) >= 11 is 0. The Kier molecular flexibility index (Phi) is 7.27. The molecule has 0 saturated carbocycles. The van der Waals surface area contributed by atoms with Crippen molar-refractivity contribution in [3.05, 3.63) is 59.7 Å². The topological polar surface area (TPSA) is 114 Å². The lowest BCUT2D eigenvalue weighted by Crippen LogP contribution is -2.39. The molecule has 0 bridgehead atoms. The van der Waals surface area contributed by atoms with Crippen molar-refractivity contribution in [2.75, 3.05) is 23.8 Å². The number of ether oxygens (including phenoxy) is 1. The van der Waals surface area contributed by atoms with Gasteiger partial charge in [0.15, 0.2) is 0 Å². The van der Waals surface area contributed by atoms with Gasteiger partial charge in [0, 0.05) is 11.4 Å². The number of esters is 1. The van der Waals surface area contributed by atoms with Gasteiger partial charge in [0.1, 0.15) is 0 Å².